The Morgan fingerprint density at radius 1 is 1.50 bits per heavy atom. The van der Waals surface area contributed by atoms with Gasteiger partial charge in [-0.3, -0.25) is 4.90 Å². The largest absolute Gasteiger partial charge is 0.394 e. The van der Waals surface area contributed by atoms with Gasteiger partial charge in [0.1, 0.15) is 0 Å². The van der Waals surface area contributed by atoms with Gasteiger partial charge in [0.05, 0.1) is 18.6 Å². The molecule has 2 atom stereocenters. The van der Waals surface area contributed by atoms with Crippen LogP contribution in [0.15, 0.2) is 0 Å². The minimum Gasteiger partial charge on any atom is -0.394 e. The Kier molecular flexibility index (Phi) is 3.52. The van der Waals surface area contributed by atoms with Crippen molar-refractivity contribution in [1.82, 2.24) is 4.90 Å². The molecule has 1 aliphatic carbocycles. The van der Waals surface area contributed by atoms with Crippen LogP contribution in [0.3, 0.4) is 0 Å². The van der Waals surface area contributed by atoms with Gasteiger partial charge < -0.3 is 5.11 Å². The highest BCUT2D eigenvalue weighted by atomic mass is 16.3. The predicted octanol–water partition coefficient (Wildman–Crippen LogP) is 1.38. The van der Waals surface area contributed by atoms with Crippen molar-refractivity contribution in [3.8, 4) is 6.07 Å². The van der Waals surface area contributed by atoms with Crippen LogP contribution in [-0.2, 0) is 0 Å². The van der Waals surface area contributed by atoms with Crippen molar-refractivity contribution in [2.24, 2.45) is 5.92 Å². The summed E-state index contributed by atoms with van der Waals surface area (Å²) in [6, 6.07) is 2.69. The van der Waals surface area contributed by atoms with Gasteiger partial charge in [-0.15, -0.1) is 0 Å². The van der Waals surface area contributed by atoms with Crippen molar-refractivity contribution in [3.05, 3.63) is 0 Å². The van der Waals surface area contributed by atoms with Gasteiger partial charge in [0, 0.05) is 11.6 Å². The first kappa shape index (κ1) is 11.5. The molecule has 1 N–H and O–H groups in total. The number of nitriles is 1. The van der Waals surface area contributed by atoms with E-state index in [4.69, 9.17) is 5.26 Å². The summed E-state index contributed by atoms with van der Waals surface area (Å²) in [5, 5.41) is 18.2. The fraction of sp³-hybridized carbons (Fsp3) is 0.909. The number of aliphatic hydroxyl groups is 1. The Hall–Kier alpha value is -0.590. The van der Waals surface area contributed by atoms with E-state index in [0.717, 1.165) is 19.3 Å². The molecule has 80 valence electrons. The van der Waals surface area contributed by atoms with Crippen molar-refractivity contribution >= 4 is 0 Å². The van der Waals surface area contributed by atoms with E-state index < -0.39 is 0 Å². The smallest absolute Gasteiger partial charge is 0.0672 e. The normalized spacial score (nSPS) is 28.0. The zero-order chi connectivity index (χ0) is 10.8. The Labute approximate surface area is 86.3 Å². The zero-order valence-corrected chi connectivity index (χ0v) is 9.32. The molecule has 2 unspecified atom stereocenters. The second-order valence-electron chi connectivity index (χ2n) is 4.82. The number of nitrogens with zero attached hydrogens (tertiary/aromatic N) is 2. The molecule has 0 aromatic rings. The first-order valence-electron chi connectivity index (χ1n) is 5.26. The lowest BCUT2D eigenvalue weighted by atomic mass is 9.97. The van der Waals surface area contributed by atoms with Gasteiger partial charge in [-0.1, -0.05) is 6.42 Å². The van der Waals surface area contributed by atoms with E-state index in [1.807, 2.05) is 20.9 Å². The molecule has 1 rings (SSSR count). The molecular weight excluding hydrogens is 176 g/mol. The van der Waals surface area contributed by atoms with Gasteiger partial charge in [-0.2, -0.15) is 5.26 Å². The number of hydrogen-bond donors (Lipinski definition) is 1. The van der Waals surface area contributed by atoms with Gasteiger partial charge in [0.25, 0.3) is 0 Å². The van der Waals surface area contributed by atoms with E-state index >= 15 is 0 Å². The molecule has 14 heavy (non-hydrogen) atoms. The van der Waals surface area contributed by atoms with Crippen molar-refractivity contribution in [2.45, 2.75) is 44.7 Å². The minimum atomic E-state index is -0.218. The number of rotatable bonds is 3. The van der Waals surface area contributed by atoms with Gasteiger partial charge in [0.2, 0.25) is 0 Å². The third-order valence-corrected chi connectivity index (χ3v) is 3.48. The van der Waals surface area contributed by atoms with Gasteiger partial charge in [-0.05, 0) is 33.7 Å². The first-order valence-corrected chi connectivity index (χ1v) is 5.26. The van der Waals surface area contributed by atoms with Crippen LogP contribution in [0.1, 0.15) is 33.1 Å². The molecule has 3 nitrogen and oxygen atoms in total. The number of hydrogen-bond acceptors (Lipinski definition) is 3. The van der Waals surface area contributed by atoms with Crippen LogP contribution in [0.4, 0.5) is 0 Å². The summed E-state index contributed by atoms with van der Waals surface area (Å²) in [6.07, 6.45) is 3.22. The molecule has 1 fully saturated rings. The summed E-state index contributed by atoms with van der Waals surface area (Å²) in [5.41, 5.74) is -0.218. The van der Waals surface area contributed by atoms with Crippen molar-refractivity contribution in [3.63, 3.8) is 0 Å². The molecule has 0 aromatic carbocycles. The molecule has 0 amide bonds. The fourth-order valence-electron chi connectivity index (χ4n) is 2.12. The quantitative estimate of drug-likeness (QED) is 0.742. The lowest BCUT2D eigenvalue weighted by Gasteiger charge is -2.39. The van der Waals surface area contributed by atoms with E-state index in [1.165, 1.54) is 0 Å². The van der Waals surface area contributed by atoms with Gasteiger partial charge in [-0.25, -0.2) is 0 Å². The lowest BCUT2D eigenvalue weighted by Crippen LogP contribution is -2.50. The van der Waals surface area contributed by atoms with Crippen LogP contribution in [0.5, 0.6) is 0 Å². The summed E-state index contributed by atoms with van der Waals surface area (Å²) in [6.45, 7) is 4.16. The summed E-state index contributed by atoms with van der Waals surface area (Å²) in [4.78, 5) is 2.16. The lowest BCUT2D eigenvalue weighted by molar-refractivity contribution is 0.0386. The highest BCUT2D eigenvalue weighted by molar-refractivity contribution is 4.99. The molecular formula is C11H20N2O. The second kappa shape index (κ2) is 4.29. The monoisotopic (exact) mass is 196 g/mol. The highest BCUT2D eigenvalue weighted by Crippen LogP contribution is 2.32. The predicted molar refractivity (Wildman–Crippen MR) is 55.7 cm³/mol. The molecule has 0 bridgehead atoms. The summed E-state index contributed by atoms with van der Waals surface area (Å²) < 4.78 is 0. The third kappa shape index (κ3) is 2.08. The summed E-state index contributed by atoms with van der Waals surface area (Å²) in [5.74, 6) is 0.144. The standard InChI is InChI=1S/C11H20N2O/c1-11(2,8-14)13(3)10-6-4-5-9(10)7-12/h9-10,14H,4-6,8H2,1-3H3. The average molecular weight is 196 g/mol. The van der Waals surface area contributed by atoms with Crippen molar-refractivity contribution in [1.29, 1.82) is 5.26 Å². The Balaban J connectivity index is 2.69. The van der Waals surface area contributed by atoms with Gasteiger partial charge in [0.15, 0.2) is 0 Å². The number of aliphatic hydroxyl groups excluding tert-OH is 1. The van der Waals surface area contributed by atoms with Crippen LogP contribution in [0.2, 0.25) is 0 Å². The maximum atomic E-state index is 9.26. The topological polar surface area (TPSA) is 47.3 Å². The molecule has 0 heterocycles. The fourth-order valence-corrected chi connectivity index (χ4v) is 2.12. The third-order valence-electron chi connectivity index (χ3n) is 3.48. The minimum absolute atomic E-state index is 0.137. The maximum Gasteiger partial charge on any atom is 0.0672 e. The Morgan fingerprint density at radius 3 is 2.64 bits per heavy atom. The SMILES string of the molecule is CN(C1CCCC1C#N)C(C)(C)CO. The Morgan fingerprint density at radius 2 is 2.14 bits per heavy atom. The molecule has 0 spiro atoms. The Bertz CT molecular complexity index is 232. The van der Waals surface area contributed by atoms with Crippen LogP contribution in [0.25, 0.3) is 0 Å². The van der Waals surface area contributed by atoms with Crippen molar-refractivity contribution in [2.75, 3.05) is 13.7 Å². The van der Waals surface area contributed by atoms with Gasteiger partial charge >= 0.3 is 0 Å². The maximum absolute atomic E-state index is 9.26. The molecule has 0 aliphatic heterocycles. The summed E-state index contributed by atoms with van der Waals surface area (Å²) >= 11 is 0. The second-order valence-corrected chi connectivity index (χ2v) is 4.82. The number of likely N-dealkylation sites (N-methyl/N-ethyl adjacent to an activating group) is 1. The molecule has 1 aliphatic rings. The molecule has 1 saturated carbocycles. The van der Waals surface area contributed by atoms with E-state index in [1.54, 1.807) is 0 Å². The molecule has 0 aromatic heterocycles. The average Bonchev–Trinajstić information content (AvgIpc) is 2.64. The van der Waals surface area contributed by atoms with Crippen LogP contribution < -0.4 is 0 Å². The van der Waals surface area contributed by atoms with Crippen LogP contribution in [0, 0.1) is 17.2 Å². The van der Waals surface area contributed by atoms with Crippen LogP contribution >= 0.6 is 0 Å². The van der Waals surface area contributed by atoms with E-state index in [9.17, 15) is 5.11 Å². The van der Waals surface area contributed by atoms with E-state index in [0.29, 0.717) is 6.04 Å². The van der Waals surface area contributed by atoms with E-state index in [-0.39, 0.29) is 18.1 Å². The molecule has 0 radical (unpaired) electrons. The molecule has 3 heteroatoms. The highest BCUT2D eigenvalue weighted by Gasteiger charge is 2.36. The first-order chi connectivity index (χ1) is 6.53. The van der Waals surface area contributed by atoms with E-state index in [2.05, 4.69) is 11.0 Å². The zero-order valence-electron chi connectivity index (χ0n) is 9.32. The molecule has 0 saturated heterocycles. The van der Waals surface area contributed by atoms with Crippen LogP contribution in [-0.4, -0.2) is 35.2 Å². The summed E-state index contributed by atoms with van der Waals surface area (Å²) in [7, 11) is 2.01. The van der Waals surface area contributed by atoms with Crippen molar-refractivity contribution < 1.29 is 5.11 Å².